The van der Waals surface area contributed by atoms with Crippen LogP contribution in [0.5, 0.6) is 11.5 Å². The number of phenolic OH excluding ortho intramolecular Hbond substituents is 1. The standard InChI is InChI=1S/C19H16N4O2.ClH/c1-25-17-9-12(7-8-16(17)24)15-10-14-18(20-11-21-19(14)23-15)22-13-5-3-2-4-6-13;/h2-11,24H,1H3,(H2,20,21,22,23);1H. The lowest BCUT2D eigenvalue weighted by atomic mass is 10.1. The van der Waals surface area contributed by atoms with Crippen LogP contribution in [0.15, 0.2) is 60.9 Å². The van der Waals surface area contributed by atoms with E-state index in [1.807, 2.05) is 42.5 Å². The van der Waals surface area contributed by atoms with Gasteiger partial charge in [0.1, 0.15) is 17.8 Å². The number of phenols is 1. The molecule has 2 heterocycles. The molecule has 132 valence electrons. The monoisotopic (exact) mass is 368 g/mol. The van der Waals surface area contributed by atoms with Gasteiger partial charge in [0, 0.05) is 16.9 Å². The number of halogens is 1. The van der Waals surface area contributed by atoms with E-state index in [0.717, 1.165) is 33.8 Å². The topological polar surface area (TPSA) is 83.1 Å². The summed E-state index contributed by atoms with van der Waals surface area (Å²) in [5.41, 5.74) is 3.44. The number of H-pyrrole nitrogens is 1. The first-order chi connectivity index (χ1) is 12.2. The minimum Gasteiger partial charge on any atom is -0.504 e. The van der Waals surface area contributed by atoms with Gasteiger partial charge in [-0.2, -0.15) is 0 Å². The Labute approximate surface area is 156 Å². The van der Waals surface area contributed by atoms with Crippen LogP contribution in [0.1, 0.15) is 0 Å². The van der Waals surface area contributed by atoms with Crippen molar-refractivity contribution in [3.8, 4) is 22.8 Å². The van der Waals surface area contributed by atoms with Gasteiger partial charge in [-0.15, -0.1) is 12.4 Å². The molecule has 0 saturated heterocycles. The Morgan fingerprint density at radius 1 is 1.04 bits per heavy atom. The molecule has 0 radical (unpaired) electrons. The first-order valence-electron chi connectivity index (χ1n) is 7.78. The summed E-state index contributed by atoms with van der Waals surface area (Å²) in [4.78, 5) is 11.9. The molecular formula is C19H17ClN4O2. The maximum Gasteiger partial charge on any atom is 0.161 e. The molecule has 2 aromatic carbocycles. The van der Waals surface area contributed by atoms with E-state index in [-0.39, 0.29) is 18.2 Å². The van der Waals surface area contributed by atoms with Crippen molar-refractivity contribution in [3.05, 3.63) is 60.9 Å². The molecule has 4 rings (SSSR count). The predicted octanol–water partition coefficient (Wildman–Crippen LogP) is 4.50. The number of methoxy groups -OCH3 is 1. The van der Waals surface area contributed by atoms with Crippen LogP contribution in [0.4, 0.5) is 11.5 Å². The molecule has 0 atom stereocenters. The van der Waals surface area contributed by atoms with Crippen molar-refractivity contribution in [2.24, 2.45) is 0 Å². The second-order valence-corrected chi connectivity index (χ2v) is 5.55. The van der Waals surface area contributed by atoms with Crippen molar-refractivity contribution in [2.45, 2.75) is 0 Å². The Morgan fingerprint density at radius 3 is 2.62 bits per heavy atom. The summed E-state index contributed by atoms with van der Waals surface area (Å²) < 4.78 is 5.18. The third-order valence-corrected chi connectivity index (χ3v) is 3.95. The highest BCUT2D eigenvalue weighted by Gasteiger charge is 2.11. The van der Waals surface area contributed by atoms with Crippen LogP contribution in [-0.2, 0) is 0 Å². The van der Waals surface area contributed by atoms with E-state index >= 15 is 0 Å². The van der Waals surface area contributed by atoms with Crippen molar-refractivity contribution in [2.75, 3.05) is 12.4 Å². The number of nitrogens with one attached hydrogen (secondary N) is 2. The minimum absolute atomic E-state index is 0. The molecule has 4 aromatic rings. The molecular weight excluding hydrogens is 352 g/mol. The quantitative estimate of drug-likeness (QED) is 0.494. The van der Waals surface area contributed by atoms with Crippen molar-refractivity contribution in [1.82, 2.24) is 15.0 Å². The Kier molecular flexibility index (Phi) is 4.95. The first-order valence-corrected chi connectivity index (χ1v) is 7.78. The highest BCUT2D eigenvalue weighted by molar-refractivity contribution is 5.93. The second kappa shape index (κ2) is 7.33. The molecule has 0 fully saturated rings. The highest BCUT2D eigenvalue weighted by Crippen LogP contribution is 2.33. The SMILES string of the molecule is COc1cc(-c2cc3c(Nc4ccccc4)ncnc3[nH]2)ccc1O.Cl. The third kappa shape index (κ3) is 3.27. The smallest absolute Gasteiger partial charge is 0.161 e. The number of aromatic nitrogens is 3. The number of para-hydroxylation sites is 1. The zero-order chi connectivity index (χ0) is 17.2. The number of benzene rings is 2. The van der Waals surface area contributed by atoms with Gasteiger partial charge in [0.05, 0.1) is 12.5 Å². The van der Waals surface area contributed by atoms with E-state index in [1.165, 1.54) is 13.4 Å². The van der Waals surface area contributed by atoms with Gasteiger partial charge in [-0.3, -0.25) is 0 Å². The second-order valence-electron chi connectivity index (χ2n) is 5.55. The zero-order valence-electron chi connectivity index (χ0n) is 13.9. The fraction of sp³-hybridized carbons (Fsp3) is 0.0526. The summed E-state index contributed by atoms with van der Waals surface area (Å²) in [5.74, 6) is 1.25. The molecule has 26 heavy (non-hydrogen) atoms. The van der Waals surface area contributed by atoms with Crippen LogP contribution in [0.25, 0.3) is 22.3 Å². The van der Waals surface area contributed by atoms with Crippen LogP contribution in [-0.4, -0.2) is 27.2 Å². The average molecular weight is 369 g/mol. The molecule has 0 amide bonds. The Hall–Kier alpha value is -3.25. The van der Waals surface area contributed by atoms with Crippen LogP contribution < -0.4 is 10.1 Å². The Morgan fingerprint density at radius 2 is 1.85 bits per heavy atom. The Bertz CT molecular complexity index is 1030. The molecule has 0 bridgehead atoms. The zero-order valence-corrected chi connectivity index (χ0v) is 14.7. The summed E-state index contributed by atoms with van der Waals surface area (Å²) in [6, 6.07) is 17.0. The number of anilines is 2. The summed E-state index contributed by atoms with van der Waals surface area (Å²) in [5, 5.41) is 14.0. The summed E-state index contributed by atoms with van der Waals surface area (Å²) in [6.45, 7) is 0. The van der Waals surface area contributed by atoms with Crippen molar-refractivity contribution in [3.63, 3.8) is 0 Å². The lowest BCUT2D eigenvalue weighted by molar-refractivity contribution is 0.373. The number of aromatic hydroxyl groups is 1. The average Bonchev–Trinajstić information content (AvgIpc) is 3.08. The normalized spacial score (nSPS) is 10.3. The molecule has 0 aliphatic rings. The van der Waals surface area contributed by atoms with Gasteiger partial charge in [0.15, 0.2) is 11.5 Å². The molecule has 6 nitrogen and oxygen atoms in total. The van der Waals surface area contributed by atoms with Gasteiger partial charge in [0.2, 0.25) is 0 Å². The summed E-state index contributed by atoms with van der Waals surface area (Å²) in [6.07, 6.45) is 1.52. The van der Waals surface area contributed by atoms with Gasteiger partial charge in [-0.25, -0.2) is 9.97 Å². The molecule has 0 spiro atoms. The number of fused-ring (bicyclic) bond motifs is 1. The molecule has 0 unspecified atom stereocenters. The van der Waals surface area contributed by atoms with Crippen molar-refractivity contribution < 1.29 is 9.84 Å². The molecule has 0 aliphatic carbocycles. The van der Waals surface area contributed by atoms with Gasteiger partial charge >= 0.3 is 0 Å². The van der Waals surface area contributed by atoms with Crippen LogP contribution >= 0.6 is 12.4 Å². The van der Waals surface area contributed by atoms with Crippen LogP contribution in [0.2, 0.25) is 0 Å². The number of hydrogen-bond acceptors (Lipinski definition) is 5. The number of nitrogens with zero attached hydrogens (tertiary/aromatic N) is 2. The minimum atomic E-state index is 0. The number of aromatic amines is 1. The molecule has 2 aromatic heterocycles. The van der Waals surface area contributed by atoms with Crippen LogP contribution in [0.3, 0.4) is 0 Å². The first kappa shape index (κ1) is 17.6. The molecule has 0 aliphatic heterocycles. The summed E-state index contributed by atoms with van der Waals surface area (Å²) in [7, 11) is 1.53. The predicted molar refractivity (Wildman–Crippen MR) is 105 cm³/mol. The highest BCUT2D eigenvalue weighted by atomic mass is 35.5. The lowest BCUT2D eigenvalue weighted by Crippen LogP contribution is -1.94. The number of ether oxygens (including phenoxy) is 1. The number of rotatable bonds is 4. The third-order valence-electron chi connectivity index (χ3n) is 3.95. The molecule has 3 N–H and O–H groups in total. The Balaban J connectivity index is 0.00000196. The summed E-state index contributed by atoms with van der Waals surface area (Å²) >= 11 is 0. The van der Waals surface area contributed by atoms with Gasteiger partial charge in [0.25, 0.3) is 0 Å². The van der Waals surface area contributed by atoms with E-state index in [0.29, 0.717) is 5.75 Å². The van der Waals surface area contributed by atoms with E-state index in [2.05, 4.69) is 20.3 Å². The lowest BCUT2D eigenvalue weighted by Gasteiger charge is -2.05. The van der Waals surface area contributed by atoms with E-state index in [1.54, 1.807) is 12.1 Å². The van der Waals surface area contributed by atoms with E-state index in [9.17, 15) is 5.11 Å². The van der Waals surface area contributed by atoms with Gasteiger partial charge < -0.3 is 20.1 Å². The molecule has 0 saturated carbocycles. The fourth-order valence-electron chi connectivity index (χ4n) is 2.70. The number of hydrogen-bond donors (Lipinski definition) is 3. The van der Waals surface area contributed by atoms with Gasteiger partial charge in [-0.1, -0.05) is 18.2 Å². The largest absolute Gasteiger partial charge is 0.504 e. The van der Waals surface area contributed by atoms with E-state index < -0.39 is 0 Å². The van der Waals surface area contributed by atoms with Gasteiger partial charge in [-0.05, 0) is 36.4 Å². The van der Waals surface area contributed by atoms with Crippen LogP contribution in [0, 0.1) is 0 Å². The maximum atomic E-state index is 9.76. The maximum absolute atomic E-state index is 9.76. The van der Waals surface area contributed by atoms with E-state index in [4.69, 9.17) is 4.74 Å². The van der Waals surface area contributed by atoms with Crippen molar-refractivity contribution in [1.29, 1.82) is 0 Å². The fourth-order valence-corrected chi connectivity index (χ4v) is 2.70. The van der Waals surface area contributed by atoms with Crippen molar-refractivity contribution >= 4 is 34.9 Å². The molecule has 7 heteroatoms.